The van der Waals surface area contributed by atoms with Crippen molar-refractivity contribution in [2.45, 2.75) is 36.6 Å². The van der Waals surface area contributed by atoms with Crippen molar-refractivity contribution in [3.05, 3.63) is 26.5 Å². The lowest BCUT2D eigenvalue weighted by molar-refractivity contribution is -0.685. The first-order valence-electron chi connectivity index (χ1n) is 7.24. The maximum absolute atomic E-state index is 12.2. The van der Waals surface area contributed by atoms with Crippen LogP contribution in [0.15, 0.2) is 20.8 Å². The molecule has 23 heavy (non-hydrogen) atoms. The SMILES string of the molecule is CC(O)[C@H]1C(=O)N2C(C(=O)O)=C(SC3Cc4csc[n+]4C3)S[C@H]12. The zero-order valence-electron chi connectivity index (χ0n) is 12.2. The van der Waals surface area contributed by atoms with Crippen molar-refractivity contribution >= 4 is 46.7 Å². The van der Waals surface area contributed by atoms with Gasteiger partial charge in [-0.3, -0.25) is 9.69 Å². The molecular weight excluding hydrogens is 356 g/mol. The van der Waals surface area contributed by atoms with Crippen LogP contribution in [-0.2, 0) is 22.6 Å². The summed E-state index contributed by atoms with van der Waals surface area (Å²) in [4.78, 5) is 25.1. The maximum atomic E-state index is 12.2. The number of carboxylic acid groups (broad SMARTS) is 1. The number of nitrogens with zero attached hydrogens (tertiary/aromatic N) is 2. The number of aliphatic hydroxyl groups is 1. The summed E-state index contributed by atoms with van der Waals surface area (Å²) >= 11 is 4.62. The van der Waals surface area contributed by atoms with Gasteiger partial charge in [0.2, 0.25) is 11.4 Å². The normalized spacial score (nSPS) is 30.3. The lowest BCUT2D eigenvalue weighted by atomic mass is 9.92. The highest BCUT2D eigenvalue weighted by atomic mass is 32.2. The Balaban J connectivity index is 1.55. The van der Waals surface area contributed by atoms with E-state index in [2.05, 4.69) is 15.5 Å². The first kappa shape index (κ1) is 15.5. The van der Waals surface area contributed by atoms with Gasteiger partial charge in [-0.05, 0) is 6.92 Å². The second-order valence-electron chi connectivity index (χ2n) is 5.87. The van der Waals surface area contributed by atoms with Gasteiger partial charge < -0.3 is 10.2 Å². The largest absolute Gasteiger partial charge is 0.477 e. The Morgan fingerprint density at radius 2 is 2.35 bits per heavy atom. The number of carbonyl (C=O) groups excluding carboxylic acids is 1. The fourth-order valence-corrected chi connectivity index (χ4v) is 7.38. The predicted octanol–water partition coefficient (Wildman–Crippen LogP) is 0.859. The number of carboxylic acids is 1. The van der Waals surface area contributed by atoms with Gasteiger partial charge in [-0.2, -0.15) is 4.57 Å². The van der Waals surface area contributed by atoms with Crippen LogP contribution < -0.4 is 4.57 Å². The number of hydrogen-bond donors (Lipinski definition) is 2. The highest BCUT2D eigenvalue weighted by molar-refractivity contribution is 8.23. The van der Waals surface area contributed by atoms with E-state index in [4.69, 9.17) is 0 Å². The van der Waals surface area contributed by atoms with E-state index in [1.165, 1.54) is 22.4 Å². The van der Waals surface area contributed by atoms with Crippen molar-refractivity contribution in [3.8, 4) is 0 Å². The smallest absolute Gasteiger partial charge is 0.354 e. The second kappa shape index (κ2) is 5.51. The van der Waals surface area contributed by atoms with E-state index in [1.54, 1.807) is 30.0 Å². The van der Waals surface area contributed by atoms with Gasteiger partial charge in [-0.25, -0.2) is 4.79 Å². The number of aromatic nitrogens is 1. The van der Waals surface area contributed by atoms with Crippen LogP contribution >= 0.6 is 34.9 Å². The number of thiazole rings is 1. The van der Waals surface area contributed by atoms with E-state index >= 15 is 0 Å². The van der Waals surface area contributed by atoms with Crippen LogP contribution in [0.3, 0.4) is 0 Å². The highest BCUT2D eigenvalue weighted by Crippen LogP contribution is 2.54. The Bertz CT molecular complexity index is 709. The standard InChI is InChI=1S/C14H14N2O4S3/c1-6(17)9-11(18)16-10(13(19)20)14(23-12(9)16)22-8-2-7-4-21-5-15(7)3-8/h4-6,8-9,12,17H,2-3H2,1H3/p+1/t6?,8?,9-,12+/m0/s1. The Hall–Kier alpha value is -1.03. The molecule has 0 bridgehead atoms. The molecule has 1 aromatic heterocycles. The second-order valence-corrected chi connectivity index (χ2v) is 9.29. The molecule has 6 nitrogen and oxygen atoms in total. The molecule has 1 aromatic rings. The van der Waals surface area contributed by atoms with Gasteiger partial charge in [0.25, 0.3) is 0 Å². The summed E-state index contributed by atoms with van der Waals surface area (Å²) in [5.74, 6) is -1.86. The number of amides is 1. The number of carbonyl (C=O) groups is 2. The van der Waals surface area contributed by atoms with Gasteiger partial charge in [0.1, 0.15) is 5.37 Å². The Morgan fingerprint density at radius 1 is 1.57 bits per heavy atom. The summed E-state index contributed by atoms with van der Waals surface area (Å²) in [5, 5.41) is 21.4. The number of thioether (sulfide) groups is 2. The van der Waals surface area contributed by atoms with E-state index in [9.17, 15) is 19.8 Å². The average Bonchev–Trinajstić information content (AvgIpc) is 3.10. The maximum Gasteiger partial charge on any atom is 0.354 e. The zero-order valence-corrected chi connectivity index (χ0v) is 14.7. The molecule has 0 spiro atoms. The average molecular weight is 371 g/mol. The third kappa shape index (κ3) is 2.33. The third-order valence-electron chi connectivity index (χ3n) is 4.34. The molecule has 1 saturated heterocycles. The molecule has 4 rings (SSSR count). The molecule has 1 amide bonds. The van der Waals surface area contributed by atoms with Crippen molar-refractivity contribution < 1.29 is 24.4 Å². The number of β-lactam (4-membered cyclic amide) rings is 1. The van der Waals surface area contributed by atoms with E-state index in [0.29, 0.717) is 4.24 Å². The first-order valence-corrected chi connectivity index (χ1v) is 9.94. The van der Waals surface area contributed by atoms with Crippen LogP contribution in [-0.4, -0.2) is 43.7 Å². The highest BCUT2D eigenvalue weighted by Gasteiger charge is 2.58. The van der Waals surface area contributed by atoms with Gasteiger partial charge in [0.15, 0.2) is 17.9 Å². The van der Waals surface area contributed by atoms with Crippen LogP contribution in [0, 0.1) is 5.92 Å². The number of rotatable bonds is 4. The molecule has 122 valence electrons. The van der Waals surface area contributed by atoms with Gasteiger partial charge in [0, 0.05) is 0 Å². The van der Waals surface area contributed by atoms with Crippen LogP contribution in [0.25, 0.3) is 0 Å². The quantitative estimate of drug-likeness (QED) is 0.604. The molecule has 0 radical (unpaired) electrons. The molecule has 3 aliphatic heterocycles. The van der Waals surface area contributed by atoms with Crippen molar-refractivity contribution in [1.82, 2.24) is 4.90 Å². The topological polar surface area (TPSA) is 81.7 Å². The van der Waals surface area contributed by atoms with Crippen molar-refractivity contribution in [3.63, 3.8) is 0 Å². The Morgan fingerprint density at radius 3 is 3.00 bits per heavy atom. The molecule has 4 atom stereocenters. The molecule has 0 aromatic carbocycles. The number of aliphatic carboxylic acids is 1. The summed E-state index contributed by atoms with van der Waals surface area (Å²) < 4.78 is 2.89. The molecule has 4 heterocycles. The Kier molecular flexibility index (Phi) is 3.71. The monoisotopic (exact) mass is 371 g/mol. The minimum Gasteiger partial charge on any atom is -0.477 e. The van der Waals surface area contributed by atoms with Gasteiger partial charge in [-0.1, -0.05) is 23.1 Å². The van der Waals surface area contributed by atoms with E-state index < -0.39 is 18.0 Å². The van der Waals surface area contributed by atoms with Crippen molar-refractivity contribution in [1.29, 1.82) is 0 Å². The number of hydrogen-bond acceptors (Lipinski definition) is 6. The van der Waals surface area contributed by atoms with Crippen LogP contribution in [0.4, 0.5) is 0 Å². The van der Waals surface area contributed by atoms with Crippen molar-refractivity contribution in [2.75, 3.05) is 0 Å². The van der Waals surface area contributed by atoms with Crippen LogP contribution in [0.2, 0.25) is 0 Å². The van der Waals surface area contributed by atoms with Gasteiger partial charge >= 0.3 is 5.97 Å². The summed E-state index contributed by atoms with van der Waals surface area (Å²) in [6, 6.07) is 0. The fourth-order valence-electron chi connectivity index (χ4n) is 3.22. The minimum atomic E-state index is -1.07. The molecule has 1 fully saturated rings. The molecule has 2 unspecified atom stereocenters. The summed E-state index contributed by atoms with van der Waals surface area (Å²) in [5.41, 5.74) is 3.44. The van der Waals surface area contributed by atoms with Crippen molar-refractivity contribution in [2.24, 2.45) is 5.92 Å². The fraction of sp³-hybridized carbons (Fsp3) is 0.500. The first-order chi connectivity index (χ1) is 11.0. The molecule has 2 N–H and O–H groups in total. The van der Waals surface area contributed by atoms with Crippen LogP contribution in [0.1, 0.15) is 12.6 Å². The predicted molar refractivity (Wildman–Crippen MR) is 87.7 cm³/mol. The Labute approximate surface area is 145 Å². The van der Waals surface area contributed by atoms with E-state index in [-0.39, 0.29) is 22.2 Å². The lowest BCUT2D eigenvalue weighted by Crippen LogP contribution is -2.60. The summed E-state index contributed by atoms with van der Waals surface area (Å²) in [7, 11) is 0. The number of fused-ring (bicyclic) bond motifs is 2. The molecule has 3 aliphatic rings. The summed E-state index contributed by atoms with van der Waals surface area (Å²) in [6.45, 7) is 2.44. The molecule has 0 aliphatic carbocycles. The van der Waals surface area contributed by atoms with Gasteiger partial charge in [-0.15, -0.1) is 11.8 Å². The summed E-state index contributed by atoms with van der Waals surface area (Å²) in [6.07, 6.45) is 0.146. The molecular formula is C14H15N2O4S3+. The molecule has 0 saturated carbocycles. The van der Waals surface area contributed by atoms with Gasteiger partial charge in [0.05, 0.1) is 33.3 Å². The molecule has 9 heteroatoms. The third-order valence-corrected chi connectivity index (χ3v) is 7.91. The zero-order chi connectivity index (χ0) is 16.3. The number of aliphatic hydroxyl groups excluding tert-OH is 1. The van der Waals surface area contributed by atoms with E-state index in [1.807, 2.05) is 0 Å². The minimum absolute atomic E-state index is 0.0892. The van der Waals surface area contributed by atoms with E-state index in [0.717, 1.165) is 13.0 Å². The van der Waals surface area contributed by atoms with Crippen LogP contribution in [0.5, 0.6) is 0 Å². The lowest BCUT2D eigenvalue weighted by Gasteiger charge is -2.43.